The SMILES string of the molecule is Cc1cc(C)c(C2(O)CCN(C)CC2)cc1C. The van der Waals surface area contributed by atoms with Gasteiger partial charge in [-0.2, -0.15) is 0 Å². The van der Waals surface area contributed by atoms with Gasteiger partial charge in [0.25, 0.3) is 0 Å². The maximum absolute atomic E-state index is 10.8. The van der Waals surface area contributed by atoms with Crippen LogP contribution in [-0.4, -0.2) is 30.1 Å². The summed E-state index contributed by atoms with van der Waals surface area (Å²) in [7, 11) is 2.12. The summed E-state index contributed by atoms with van der Waals surface area (Å²) in [5, 5.41) is 10.8. The van der Waals surface area contributed by atoms with Crippen LogP contribution in [0.15, 0.2) is 12.1 Å². The number of nitrogens with zero attached hydrogens (tertiary/aromatic N) is 1. The minimum atomic E-state index is -0.616. The number of likely N-dealkylation sites (tertiary alicyclic amines) is 1. The molecule has 1 heterocycles. The summed E-state index contributed by atoms with van der Waals surface area (Å²) in [6.07, 6.45) is 1.68. The zero-order valence-electron chi connectivity index (χ0n) is 11.4. The van der Waals surface area contributed by atoms with Gasteiger partial charge in [-0.05, 0) is 62.9 Å². The second kappa shape index (κ2) is 4.43. The molecule has 0 spiro atoms. The summed E-state index contributed by atoms with van der Waals surface area (Å²) in [4.78, 5) is 2.28. The molecule has 1 N–H and O–H groups in total. The van der Waals surface area contributed by atoms with Gasteiger partial charge >= 0.3 is 0 Å². The van der Waals surface area contributed by atoms with Crippen LogP contribution in [0.2, 0.25) is 0 Å². The summed E-state index contributed by atoms with van der Waals surface area (Å²) in [6.45, 7) is 8.31. The molecule has 17 heavy (non-hydrogen) atoms. The van der Waals surface area contributed by atoms with Gasteiger partial charge in [0, 0.05) is 13.1 Å². The Balaban J connectivity index is 2.36. The van der Waals surface area contributed by atoms with Crippen LogP contribution in [-0.2, 0) is 5.60 Å². The smallest absolute Gasteiger partial charge is 0.0923 e. The first-order valence-electron chi connectivity index (χ1n) is 6.42. The third-order valence-electron chi connectivity index (χ3n) is 4.16. The lowest BCUT2D eigenvalue weighted by Crippen LogP contribution is -2.41. The monoisotopic (exact) mass is 233 g/mol. The highest BCUT2D eigenvalue weighted by Gasteiger charge is 2.34. The van der Waals surface area contributed by atoms with E-state index in [4.69, 9.17) is 0 Å². The van der Waals surface area contributed by atoms with Crippen molar-refractivity contribution in [3.63, 3.8) is 0 Å². The number of hydrogen-bond acceptors (Lipinski definition) is 2. The second-order valence-electron chi connectivity index (χ2n) is 5.59. The van der Waals surface area contributed by atoms with Crippen molar-refractivity contribution in [2.24, 2.45) is 0 Å². The van der Waals surface area contributed by atoms with Gasteiger partial charge in [-0.25, -0.2) is 0 Å². The molecule has 1 aromatic rings. The average molecular weight is 233 g/mol. The Morgan fingerprint density at radius 3 is 2.12 bits per heavy atom. The van der Waals surface area contributed by atoms with E-state index in [0.717, 1.165) is 31.5 Å². The molecule has 0 amide bonds. The fraction of sp³-hybridized carbons (Fsp3) is 0.600. The number of aryl methyl sites for hydroxylation is 3. The minimum absolute atomic E-state index is 0.616. The van der Waals surface area contributed by atoms with E-state index in [0.29, 0.717) is 0 Å². The highest BCUT2D eigenvalue weighted by Crippen LogP contribution is 2.35. The third-order valence-corrected chi connectivity index (χ3v) is 4.16. The zero-order chi connectivity index (χ0) is 12.6. The van der Waals surface area contributed by atoms with E-state index in [2.05, 4.69) is 44.9 Å². The fourth-order valence-corrected chi connectivity index (χ4v) is 2.72. The van der Waals surface area contributed by atoms with Crippen LogP contribution in [0, 0.1) is 20.8 Å². The van der Waals surface area contributed by atoms with Gasteiger partial charge in [-0.15, -0.1) is 0 Å². The Morgan fingerprint density at radius 2 is 1.53 bits per heavy atom. The van der Waals surface area contributed by atoms with Gasteiger partial charge in [0.1, 0.15) is 0 Å². The van der Waals surface area contributed by atoms with Crippen LogP contribution < -0.4 is 0 Å². The molecular formula is C15H23NO. The minimum Gasteiger partial charge on any atom is -0.385 e. The van der Waals surface area contributed by atoms with E-state index in [9.17, 15) is 5.11 Å². The van der Waals surface area contributed by atoms with Crippen LogP contribution in [0.25, 0.3) is 0 Å². The molecule has 1 aliphatic rings. The Morgan fingerprint density at radius 1 is 1.00 bits per heavy atom. The molecule has 2 rings (SSSR count). The Labute approximate surface area is 104 Å². The molecule has 1 saturated heterocycles. The van der Waals surface area contributed by atoms with Gasteiger partial charge in [0.2, 0.25) is 0 Å². The van der Waals surface area contributed by atoms with Gasteiger partial charge in [0.05, 0.1) is 5.60 Å². The third kappa shape index (κ3) is 2.38. The molecule has 0 bridgehead atoms. The van der Waals surface area contributed by atoms with Crippen molar-refractivity contribution in [1.82, 2.24) is 4.90 Å². The molecule has 0 unspecified atom stereocenters. The van der Waals surface area contributed by atoms with Crippen LogP contribution in [0.4, 0.5) is 0 Å². The average Bonchev–Trinajstić information content (AvgIpc) is 2.28. The van der Waals surface area contributed by atoms with Crippen molar-refractivity contribution >= 4 is 0 Å². The maximum atomic E-state index is 10.8. The van der Waals surface area contributed by atoms with E-state index < -0.39 is 5.60 Å². The fourth-order valence-electron chi connectivity index (χ4n) is 2.72. The van der Waals surface area contributed by atoms with Gasteiger partial charge in [-0.3, -0.25) is 0 Å². The molecule has 1 aromatic carbocycles. The van der Waals surface area contributed by atoms with Crippen LogP contribution in [0.5, 0.6) is 0 Å². The molecule has 0 aromatic heterocycles. The number of aliphatic hydroxyl groups is 1. The second-order valence-corrected chi connectivity index (χ2v) is 5.59. The Hall–Kier alpha value is -0.860. The predicted octanol–water partition coefficient (Wildman–Crippen LogP) is 2.53. The molecule has 2 heteroatoms. The summed E-state index contributed by atoms with van der Waals surface area (Å²) in [5.41, 5.74) is 4.32. The highest BCUT2D eigenvalue weighted by atomic mass is 16.3. The molecule has 2 nitrogen and oxygen atoms in total. The molecule has 0 aliphatic carbocycles. The van der Waals surface area contributed by atoms with E-state index in [1.54, 1.807) is 0 Å². The Kier molecular flexibility index (Phi) is 3.28. The van der Waals surface area contributed by atoms with Crippen molar-refractivity contribution in [3.05, 3.63) is 34.4 Å². The van der Waals surface area contributed by atoms with Crippen molar-refractivity contribution in [1.29, 1.82) is 0 Å². The van der Waals surface area contributed by atoms with E-state index in [1.165, 1.54) is 16.7 Å². The number of rotatable bonds is 1. The zero-order valence-corrected chi connectivity index (χ0v) is 11.4. The Bertz CT molecular complexity index is 417. The summed E-state index contributed by atoms with van der Waals surface area (Å²) in [5.74, 6) is 0. The molecule has 0 radical (unpaired) electrons. The molecule has 0 saturated carbocycles. The van der Waals surface area contributed by atoms with E-state index in [1.807, 2.05) is 0 Å². The normalized spacial score (nSPS) is 20.5. The number of piperidine rings is 1. The predicted molar refractivity (Wildman–Crippen MR) is 71.3 cm³/mol. The number of hydrogen-bond donors (Lipinski definition) is 1. The molecular weight excluding hydrogens is 210 g/mol. The molecule has 94 valence electrons. The first-order valence-corrected chi connectivity index (χ1v) is 6.42. The largest absolute Gasteiger partial charge is 0.385 e. The highest BCUT2D eigenvalue weighted by molar-refractivity contribution is 5.40. The van der Waals surface area contributed by atoms with Crippen molar-refractivity contribution < 1.29 is 5.11 Å². The lowest BCUT2D eigenvalue weighted by atomic mass is 9.81. The summed E-state index contributed by atoms with van der Waals surface area (Å²) < 4.78 is 0. The first-order chi connectivity index (χ1) is 7.92. The number of benzene rings is 1. The maximum Gasteiger partial charge on any atom is 0.0923 e. The van der Waals surface area contributed by atoms with Crippen molar-refractivity contribution in [3.8, 4) is 0 Å². The van der Waals surface area contributed by atoms with Gasteiger partial charge in [-0.1, -0.05) is 12.1 Å². The van der Waals surface area contributed by atoms with Crippen LogP contribution >= 0.6 is 0 Å². The first kappa shape index (κ1) is 12.6. The van der Waals surface area contributed by atoms with Crippen molar-refractivity contribution in [2.45, 2.75) is 39.2 Å². The van der Waals surface area contributed by atoms with E-state index >= 15 is 0 Å². The topological polar surface area (TPSA) is 23.5 Å². The molecule has 1 fully saturated rings. The van der Waals surface area contributed by atoms with Crippen molar-refractivity contribution in [2.75, 3.05) is 20.1 Å². The quantitative estimate of drug-likeness (QED) is 0.805. The van der Waals surface area contributed by atoms with E-state index in [-0.39, 0.29) is 0 Å². The van der Waals surface area contributed by atoms with Gasteiger partial charge < -0.3 is 10.0 Å². The van der Waals surface area contributed by atoms with Crippen LogP contribution in [0.3, 0.4) is 0 Å². The summed E-state index contributed by atoms with van der Waals surface area (Å²) >= 11 is 0. The lowest BCUT2D eigenvalue weighted by Gasteiger charge is -2.38. The van der Waals surface area contributed by atoms with Gasteiger partial charge in [0.15, 0.2) is 0 Å². The molecule has 1 aliphatic heterocycles. The lowest BCUT2D eigenvalue weighted by molar-refractivity contribution is -0.0208. The summed E-state index contributed by atoms with van der Waals surface area (Å²) in [6, 6.07) is 4.37. The van der Waals surface area contributed by atoms with Crippen LogP contribution in [0.1, 0.15) is 35.1 Å². The standard InChI is InChI=1S/C15H23NO/c1-11-9-13(3)14(10-12(11)2)15(17)5-7-16(4)8-6-15/h9-10,17H,5-8H2,1-4H3. The molecule has 0 atom stereocenters.